The van der Waals surface area contributed by atoms with Gasteiger partial charge in [-0.15, -0.1) is 0 Å². The van der Waals surface area contributed by atoms with Gasteiger partial charge < -0.3 is 5.32 Å². The highest BCUT2D eigenvalue weighted by Gasteiger charge is 2.31. The summed E-state index contributed by atoms with van der Waals surface area (Å²) in [4.78, 5) is 27.8. The minimum absolute atomic E-state index is 0.0496. The number of aryl methyl sites for hydroxylation is 1. The third kappa shape index (κ3) is 2.25. The van der Waals surface area contributed by atoms with Crippen molar-refractivity contribution in [1.82, 2.24) is 14.8 Å². The van der Waals surface area contributed by atoms with Crippen LogP contribution in [0.1, 0.15) is 18.0 Å². The number of nitrogens with one attached hydrogen (secondary N) is 2. The lowest BCUT2D eigenvalue weighted by atomic mass is 10.1. The number of carbonyl (C=O) groups is 2. The molecule has 0 unspecified atom stereocenters. The zero-order chi connectivity index (χ0) is 14.1. The Bertz CT molecular complexity index is 679. The van der Waals surface area contributed by atoms with Crippen LogP contribution in [0.2, 0.25) is 0 Å². The lowest BCUT2D eigenvalue weighted by Gasteiger charge is -2.22. The molecule has 7 nitrogen and oxygen atoms in total. The van der Waals surface area contributed by atoms with Gasteiger partial charge in [0.1, 0.15) is 12.4 Å². The van der Waals surface area contributed by atoms with E-state index >= 15 is 0 Å². The summed E-state index contributed by atoms with van der Waals surface area (Å²) >= 11 is 0. The van der Waals surface area contributed by atoms with Crippen molar-refractivity contribution in [3.63, 3.8) is 0 Å². The molecule has 2 heterocycles. The van der Waals surface area contributed by atoms with E-state index in [2.05, 4.69) is 20.7 Å². The molecule has 1 aromatic carbocycles. The van der Waals surface area contributed by atoms with E-state index in [1.54, 1.807) is 6.07 Å². The Labute approximate surface area is 115 Å². The van der Waals surface area contributed by atoms with Crippen molar-refractivity contribution in [1.29, 1.82) is 0 Å². The maximum Gasteiger partial charge on any atom is 0.249 e. The molecule has 0 aliphatic carbocycles. The van der Waals surface area contributed by atoms with Gasteiger partial charge in [0.2, 0.25) is 17.8 Å². The summed E-state index contributed by atoms with van der Waals surface area (Å²) in [6.45, 7) is 1.94. The molecule has 2 N–H and O–H groups in total. The van der Waals surface area contributed by atoms with Crippen LogP contribution in [-0.2, 0) is 9.59 Å². The van der Waals surface area contributed by atoms with Crippen molar-refractivity contribution in [2.45, 2.75) is 19.4 Å². The van der Waals surface area contributed by atoms with Crippen LogP contribution in [0, 0.1) is 6.92 Å². The molecule has 0 bridgehead atoms. The summed E-state index contributed by atoms with van der Waals surface area (Å²) in [6, 6.07) is 6.79. The fourth-order valence-electron chi connectivity index (χ4n) is 2.16. The SMILES string of the molecule is Cc1cccc(NC(=O)[C@H]2CC(=O)Nc3ncnn32)c1. The van der Waals surface area contributed by atoms with Crippen LogP contribution >= 0.6 is 0 Å². The number of rotatable bonds is 2. The molecule has 0 saturated carbocycles. The molecule has 2 amide bonds. The molecule has 0 saturated heterocycles. The van der Waals surface area contributed by atoms with E-state index in [0.29, 0.717) is 11.6 Å². The van der Waals surface area contributed by atoms with Crippen molar-refractivity contribution < 1.29 is 9.59 Å². The molecule has 1 aliphatic heterocycles. The van der Waals surface area contributed by atoms with E-state index in [1.807, 2.05) is 25.1 Å². The van der Waals surface area contributed by atoms with Crippen molar-refractivity contribution in [2.24, 2.45) is 0 Å². The van der Waals surface area contributed by atoms with Crippen LogP contribution in [-0.4, -0.2) is 26.6 Å². The van der Waals surface area contributed by atoms with Gasteiger partial charge in [-0.2, -0.15) is 10.1 Å². The third-order valence-electron chi connectivity index (χ3n) is 3.09. The highest BCUT2D eigenvalue weighted by molar-refractivity contribution is 6.00. The second-order valence-electron chi connectivity index (χ2n) is 4.66. The number of fused-ring (bicyclic) bond motifs is 1. The Balaban J connectivity index is 1.83. The van der Waals surface area contributed by atoms with E-state index in [1.165, 1.54) is 11.0 Å². The predicted molar refractivity (Wildman–Crippen MR) is 72.1 cm³/mol. The van der Waals surface area contributed by atoms with Gasteiger partial charge in [0.15, 0.2) is 0 Å². The fraction of sp³-hybridized carbons (Fsp3) is 0.231. The van der Waals surface area contributed by atoms with E-state index < -0.39 is 6.04 Å². The second-order valence-corrected chi connectivity index (χ2v) is 4.66. The van der Waals surface area contributed by atoms with Gasteiger partial charge in [-0.1, -0.05) is 12.1 Å². The molecule has 1 aromatic heterocycles. The first kappa shape index (κ1) is 12.3. The van der Waals surface area contributed by atoms with Gasteiger partial charge in [0.25, 0.3) is 0 Å². The first-order chi connectivity index (χ1) is 9.63. The van der Waals surface area contributed by atoms with Crippen molar-refractivity contribution in [2.75, 3.05) is 10.6 Å². The van der Waals surface area contributed by atoms with Crippen molar-refractivity contribution >= 4 is 23.5 Å². The van der Waals surface area contributed by atoms with E-state index in [-0.39, 0.29) is 18.2 Å². The lowest BCUT2D eigenvalue weighted by molar-refractivity contribution is -0.125. The number of amides is 2. The molecule has 20 heavy (non-hydrogen) atoms. The number of benzene rings is 1. The quantitative estimate of drug-likeness (QED) is 0.856. The summed E-state index contributed by atoms with van der Waals surface area (Å²) in [6.07, 6.45) is 1.36. The lowest BCUT2D eigenvalue weighted by Crippen LogP contribution is -2.36. The number of carbonyl (C=O) groups excluding carboxylic acids is 2. The average molecular weight is 271 g/mol. The Kier molecular flexibility index (Phi) is 2.94. The molecule has 0 spiro atoms. The summed E-state index contributed by atoms with van der Waals surface area (Å²) in [5.74, 6) is -0.224. The largest absolute Gasteiger partial charge is 0.324 e. The Morgan fingerprint density at radius 2 is 2.35 bits per heavy atom. The monoisotopic (exact) mass is 271 g/mol. The molecular formula is C13H13N5O2. The smallest absolute Gasteiger partial charge is 0.249 e. The van der Waals surface area contributed by atoms with Gasteiger partial charge in [-0.3, -0.25) is 14.9 Å². The van der Waals surface area contributed by atoms with Gasteiger partial charge >= 0.3 is 0 Å². The van der Waals surface area contributed by atoms with Crippen LogP contribution in [0.25, 0.3) is 0 Å². The Morgan fingerprint density at radius 1 is 1.50 bits per heavy atom. The number of hydrogen-bond donors (Lipinski definition) is 2. The van der Waals surface area contributed by atoms with E-state index in [9.17, 15) is 9.59 Å². The maximum absolute atomic E-state index is 12.3. The first-order valence-electron chi connectivity index (χ1n) is 6.20. The molecule has 7 heteroatoms. The topological polar surface area (TPSA) is 88.9 Å². The fourth-order valence-corrected chi connectivity index (χ4v) is 2.16. The van der Waals surface area contributed by atoms with E-state index in [0.717, 1.165) is 5.56 Å². The Morgan fingerprint density at radius 3 is 3.15 bits per heavy atom. The van der Waals surface area contributed by atoms with Crippen molar-refractivity contribution in [3.05, 3.63) is 36.2 Å². The maximum atomic E-state index is 12.3. The van der Waals surface area contributed by atoms with Gasteiger partial charge in [0.05, 0.1) is 6.42 Å². The molecule has 2 aromatic rings. The van der Waals surface area contributed by atoms with Gasteiger partial charge in [-0.25, -0.2) is 4.68 Å². The standard InChI is InChI=1S/C13H13N5O2/c1-8-3-2-4-9(5-8)16-12(20)10-6-11(19)17-13-14-7-15-18(10)13/h2-5,7,10H,6H2,1H3,(H,16,20)(H,14,15,17,19)/t10-/m1/s1. The highest BCUT2D eigenvalue weighted by atomic mass is 16.2. The van der Waals surface area contributed by atoms with Crippen LogP contribution < -0.4 is 10.6 Å². The molecular weight excluding hydrogens is 258 g/mol. The molecule has 3 rings (SSSR count). The molecule has 102 valence electrons. The highest BCUT2D eigenvalue weighted by Crippen LogP contribution is 2.23. The van der Waals surface area contributed by atoms with Crippen LogP contribution in [0.3, 0.4) is 0 Å². The molecule has 0 radical (unpaired) electrons. The van der Waals surface area contributed by atoms with Gasteiger partial charge in [0, 0.05) is 5.69 Å². The van der Waals surface area contributed by atoms with Gasteiger partial charge in [-0.05, 0) is 24.6 Å². The van der Waals surface area contributed by atoms with Crippen LogP contribution in [0.5, 0.6) is 0 Å². The van der Waals surface area contributed by atoms with Crippen LogP contribution in [0.15, 0.2) is 30.6 Å². The zero-order valence-corrected chi connectivity index (χ0v) is 10.8. The minimum Gasteiger partial charge on any atom is -0.324 e. The summed E-state index contributed by atoms with van der Waals surface area (Å²) in [7, 11) is 0. The zero-order valence-electron chi connectivity index (χ0n) is 10.8. The summed E-state index contributed by atoms with van der Waals surface area (Å²) in [5.41, 5.74) is 1.74. The first-order valence-corrected chi connectivity index (χ1v) is 6.20. The number of nitrogens with zero attached hydrogens (tertiary/aromatic N) is 3. The van der Waals surface area contributed by atoms with Crippen molar-refractivity contribution in [3.8, 4) is 0 Å². The number of anilines is 2. The molecule has 1 aliphatic rings. The Hall–Kier alpha value is -2.70. The van der Waals surface area contributed by atoms with Crippen LogP contribution in [0.4, 0.5) is 11.6 Å². The number of aromatic nitrogens is 3. The molecule has 1 atom stereocenters. The average Bonchev–Trinajstić information content (AvgIpc) is 2.85. The molecule has 0 fully saturated rings. The second kappa shape index (κ2) is 4.76. The van der Waals surface area contributed by atoms with E-state index in [4.69, 9.17) is 0 Å². The minimum atomic E-state index is -0.679. The number of hydrogen-bond acceptors (Lipinski definition) is 4. The predicted octanol–water partition coefficient (Wildman–Crippen LogP) is 1.11. The summed E-state index contributed by atoms with van der Waals surface area (Å²) < 4.78 is 1.42. The third-order valence-corrected chi connectivity index (χ3v) is 3.09. The normalized spacial score (nSPS) is 17.2. The summed E-state index contributed by atoms with van der Waals surface area (Å²) in [5, 5.41) is 9.35.